The molecule has 2 aliphatic heterocycles. The number of nitrogens with zero attached hydrogens (tertiary/aromatic N) is 5. The van der Waals surface area contributed by atoms with Crippen molar-refractivity contribution in [2.75, 3.05) is 57.4 Å². The number of aromatic nitrogens is 3. The Balaban J connectivity index is 1.33. The third-order valence-corrected chi connectivity index (χ3v) is 7.07. The van der Waals surface area contributed by atoms with Crippen LogP contribution in [-0.4, -0.2) is 77.8 Å². The van der Waals surface area contributed by atoms with E-state index in [1.165, 1.54) is 5.56 Å². The fourth-order valence-electron chi connectivity index (χ4n) is 4.98. The molecule has 0 spiro atoms. The van der Waals surface area contributed by atoms with Gasteiger partial charge in [-0.3, -0.25) is 19.1 Å². The Hall–Kier alpha value is -3.30. The van der Waals surface area contributed by atoms with E-state index in [1.54, 1.807) is 10.8 Å². The highest BCUT2D eigenvalue weighted by atomic mass is 16.5. The first-order chi connectivity index (χ1) is 17.6. The molecule has 1 aromatic carbocycles. The molecule has 1 amide bonds. The first-order valence-electron chi connectivity index (χ1n) is 12.8. The normalized spacial score (nSPS) is 18.9. The zero-order valence-electron chi connectivity index (χ0n) is 20.9. The van der Waals surface area contributed by atoms with Gasteiger partial charge in [-0.2, -0.15) is 0 Å². The van der Waals surface area contributed by atoms with Crippen LogP contribution in [0.2, 0.25) is 0 Å². The molecule has 3 aromatic rings. The lowest BCUT2D eigenvalue weighted by atomic mass is 9.97. The van der Waals surface area contributed by atoms with Gasteiger partial charge in [0.1, 0.15) is 5.52 Å². The van der Waals surface area contributed by atoms with Crippen molar-refractivity contribution < 1.29 is 9.53 Å². The van der Waals surface area contributed by atoms with Gasteiger partial charge in [-0.05, 0) is 37.5 Å². The van der Waals surface area contributed by atoms with Gasteiger partial charge in [0.2, 0.25) is 5.91 Å². The second kappa shape index (κ2) is 11.2. The van der Waals surface area contributed by atoms with Gasteiger partial charge < -0.3 is 15.0 Å². The number of fused-ring (bicyclic) bond motifs is 1. The zero-order valence-corrected chi connectivity index (χ0v) is 20.9. The van der Waals surface area contributed by atoms with E-state index in [0.29, 0.717) is 43.2 Å². The van der Waals surface area contributed by atoms with Crippen LogP contribution in [0.15, 0.2) is 47.4 Å². The van der Waals surface area contributed by atoms with Crippen LogP contribution in [0.25, 0.3) is 11.2 Å². The zero-order chi connectivity index (χ0) is 24.9. The van der Waals surface area contributed by atoms with Crippen LogP contribution in [0.5, 0.6) is 0 Å². The van der Waals surface area contributed by atoms with Crippen LogP contribution in [0.3, 0.4) is 0 Å². The Kier molecular flexibility index (Phi) is 7.58. The van der Waals surface area contributed by atoms with Gasteiger partial charge >= 0.3 is 0 Å². The molecule has 0 radical (unpaired) electrons. The van der Waals surface area contributed by atoms with Crippen molar-refractivity contribution in [3.8, 4) is 0 Å². The predicted molar refractivity (Wildman–Crippen MR) is 139 cm³/mol. The number of anilines is 1. The number of morpholine rings is 1. The maximum atomic E-state index is 13.7. The summed E-state index contributed by atoms with van der Waals surface area (Å²) in [6.07, 6.45) is 3.34. The number of amides is 1. The first kappa shape index (κ1) is 24.4. The lowest BCUT2D eigenvalue weighted by Gasteiger charge is -2.33. The molecule has 0 bridgehead atoms. The molecule has 9 heteroatoms. The molecule has 0 aliphatic carbocycles. The number of carbonyl (C=O) groups excluding carboxylic acids is 1. The maximum absolute atomic E-state index is 13.7. The van der Waals surface area contributed by atoms with E-state index in [0.717, 1.165) is 51.3 Å². The van der Waals surface area contributed by atoms with Crippen LogP contribution in [-0.2, 0) is 16.1 Å². The average molecular weight is 491 g/mol. The summed E-state index contributed by atoms with van der Waals surface area (Å²) in [7, 11) is 0. The molecule has 5 rings (SSSR count). The van der Waals surface area contributed by atoms with Gasteiger partial charge in [0.05, 0.1) is 25.7 Å². The second-order valence-corrected chi connectivity index (χ2v) is 9.69. The van der Waals surface area contributed by atoms with Gasteiger partial charge in [-0.15, -0.1) is 0 Å². The highest BCUT2D eigenvalue weighted by Gasteiger charge is 2.29. The summed E-state index contributed by atoms with van der Waals surface area (Å²) >= 11 is 0. The van der Waals surface area contributed by atoms with Crippen molar-refractivity contribution in [1.29, 1.82) is 0 Å². The van der Waals surface area contributed by atoms with Crippen molar-refractivity contribution >= 4 is 22.9 Å². The topological polar surface area (TPSA) is 92.6 Å². The van der Waals surface area contributed by atoms with Gasteiger partial charge in [-0.1, -0.05) is 29.8 Å². The number of hydrogen-bond acceptors (Lipinski definition) is 7. The van der Waals surface area contributed by atoms with Gasteiger partial charge in [0.25, 0.3) is 5.56 Å². The number of ether oxygens (including phenoxy) is 1. The minimum Gasteiger partial charge on any atom is -0.379 e. The Bertz CT molecular complexity index is 1250. The van der Waals surface area contributed by atoms with Crippen molar-refractivity contribution in [3.05, 3.63) is 64.1 Å². The lowest BCUT2D eigenvalue weighted by Crippen LogP contribution is -2.47. The van der Waals surface area contributed by atoms with Crippen molar-refractivity contribution in [1.82, 2.24) is 24.8 Å². The standard InChI is InChI=1S/C27H34N6O3/c1-20-6-8-21(9-7-20)18-33-24-23(5-2-10-28-24)30-25(27(33)35)32-12-3-4-22(19-32)26(34)29-11-13-31-14-16-36-17-15-31/h2,5-10,22H,3-4,11-19H2,1H3,(H,29,34)/t22-/m1/s1. The Morgan fingerprint density at radius 2 is 1.94 bits per heavy atom. The fraction of sp³-hybridized carbons (Fsp3) is 0.481. The molecule has 2 fully saturated rings. The van der Waals surface area contributed by atoms with Crippen LogP contribution in [0.4, 0.5) is 5.82 Å². The lowest BCUT2D eigenvalue weighted by molar-refractivity contribution is -0.125. The molecule has 36 heavy (non-hydrogen) atoms. The van der Waals surface area contributed by atoms with Gasteiger partial charge in [0, 0.05) is 45.5 Å². The van der Waals surface area contributed by atoms with Crippen molar-refractivity contribution in [2.24, 2.45) is 5.92 Å². The van der Waals surface area contributed by atoms with E-state index in [-0.39, 0.29) is 17.4 Å². The third kappa shape index (κ3) is 5.57. The van der Waals surface area contributed by atoms with E-state index in [1.807, 2.05) is 48.2 Å². The first-order valence-corrected chi connectivity index (χ1v) is 12.8. The van der Waals surface area contributed by atoms with Crippen molar-refractivity contribution in [2.45, 2.75) is 26.3 Å². The summed E-state index contributed by atoms with van der Waals surface area (Å²) in [6, 6.07) is 11.9. The Morgan fingerprint density at radius 3 is 2.75 bits per heavy atom. The Morgan fingerprint density at radius 1 is 1.14 bits per heavy atom. The molecule has 0 saturated carbocycles. The predicted octanol–water partition coefficient (Wildman–Crippen LogP) is 1.81. The summed E-state index contributed by atoms with van der Waals surface area (Å²) in [5, 5.41) is 3.10. The molecule has 1 atom stereocenters. The van der Waals surface area contributed by atoms with E-state index in [4.69, 9.17) is 9.72 Å². The minimum atomic E-state index is -0.171. The molecular formula is C27H34N6O3. The summed E-state index contributed by atoms with van der Waals surface area (Å²) < 4.78 is 7.09. The second-order valence-electron chi connectivity index (χ2n) is 9.69. The van der Waals surface area contributed by atoms with Crippen LogP contribution in [0, 0.1) is 12.8 Å². The minimum absolute atomic E-state index is 0.0513. The van der Waals surface area contributed by atoms with E-state index >= 15 is 0 Å². The molecule has 2 aromatic heterocycles. The summed E-state index contributed by atoms with van der Waals surface area (Å²) in [5.74, 6) is 0.281. The molecule has 9 nitrogen and oxygen atoms in total. The molecular weight excluding hydrogens is 456 g/mol. The summed E-state index contributed by atoms with van der Waals surface area (Å²) in [6.45, 7) is 8.42. The molecule has 0 unspecified atom stereocenters. The molecule has 190 valence electrons. The largest absolute Gasteiger partial charge is 0.379 e. The van der Waals surface area contributed by atoms with Crippen LogP contribution < -0.4 is 15.8 Å². The molecule has 2 aliphatic rings. The summed E-state index contributed by atoms with van der Waals surface area (Å²) in [4.78, 5) is 40.1. The average Bonchev–Trinajstić information content (AvgIpc) is 2.92. The van der Waals surface area contributed by atoms with Crippen LogP contribution >= 0.6 is 0 Å². The Labute approximate surface area is 211 Å². The number of carbonyl (C=O) groups is 1. The number of pyridine rings is 1. The monoisotopic (exact) mass is 490 g/mol. The summed E-state index contributed by atoms with van der Waals surface area (Å²) in [5.41, 5.74) is 3.28. The molecule has 1 N–H and O–H groups in total. The third-order valence-electron chi connectivity index (χ3n) is 7.07. The number of piperidine rings is 1. The number of aryl methyl sites for hydroxylation is 1. The fourth-order valence-corrected chi connectivity index (χ4v) is 4.98. The number of hydrogen-bond donors (Lipinski definition) is 1. The highest BCUT2D eigenvalue weighted by Crippen LogP contribution is 2.22. The number of nitrogens with one attached hydrogen (secondary N) is 1. The quantitative estimate of drug-likeness (QED) is 0.540. The van der Waals surface area contributed by atoms with E-state index in [2.05, 4.69) is 15.2 Å². The number of benzene rings is 1. The van der Waals surface area contributed by atoms with E-state index in [9.17, 15) is 9.59 Å². The molecule has 4 heterocycles. The highest BCUT2D eigenvalue weighted by molar-refractivity contribution is 5.79. The van der Waals surface area contributed by atoms with Crippen molar-refractivity contribution in [3.63, 3.8) is 0 Å². The number of rotatable bonds is 7. The maximum Gasteiger partial charge on any atom is 0.295 e. The molecule has 2 saturated heterocycles. The SMILES string of the molecule is Cc1ccc(Cn2c(=O)c(N3CCC[C@@H](C(=O)NCCN4CCOCC4)C3)nc3cccnc32)cc1. The van der Waals surface area contributed by atoms with E-state index < -0.39 is 0 Å². The van der Waals surface area contributed by atoms with Gasteiger partial charge in [0.15, 0.2) is 11.5 Å². The smallest absolute Gasteiger partial charge is 0.295 e. The van der Waals surface area contributed by atoms with Gasteiger partial charge in [-0.25, -0.2) is 9.97 Å². The van der Waals surface area contributed by atoms with Crippen LogP contribution in [0.1, 0.15) is 24.0 Å².